The van der Waals surface area contributed by atoms with E-state index in [0.717, 1.165) is 22.4 Å². The molecule has 0 aliphatic carbocycles. The van der Waals surface area contributed by atoms with Crippen molar-refractivity contribution in [2.24, 2.45) is 0 Å². The minimum Gasteiger partial charge on any atom is -0.397 e. The van der Waals surface area contributed by atoms with Crippen molar-refractivity contribution in [1.82, 2.24) is 20.6 Å². The molecule has 0 bridgehead atoms. The van der Waals surface area contributed by atoms with Crippen molar-refractivity contribution >= 4 is 29.0 Å². The number of nitrogens with zero attached hydrogens (tertiary/aromatic N) is 3. The Hall–Kier alpha value is -4.46. The van der Waals surface area contributed by atoms with Crippen LogP contribution in [-0.2, 0) is 11.3 Å². The lowest BCUT2D eigenvalue weighted by Gasteiger charge is -2.08. The van der Waals surface area contributed by atoms with Gasteiger partial charge in [0.25, 0.3) is 0 Å². The topological polar surface area (TPSA) is 122 Å². The van der Waals surface area contributed by atoms with Crippen LogP contribution in [0.5, 0.6) is 0 Å². The maximum atomic E-state index is 12.1. The van der Waals surface area contributed by atoms with Crippen LogP contribution in [0, 0.1) is 0 Å². The average molecular weight is 411 g/mol. The van der Waals surface area contributed by atoms with E-state index in [1.807, 2.05) is 60.7 Å². The molecule has 1 heterocycles. The van der Waals surface area contributed by atoms with Gasteiger partial charge in [-0.25, -0.2) is 0 Å². The Morgan fingerprint density at radius 1 is 1.03 bits per heavy atom. The van der Waals surface area contributed by atoms with Crippen LogP contribution in [0.1, 0.15) is 11.1 Å². The number of para-hydroxylation sites is 2. The predicted octanol–water partition coefficient (Wildman–Crippen LogP) is 3.71. The SMILES string of the molecule is Nc1ccccc1NC(=O)/C=C\c1ccc(CNc2cccc(-c3nn[nH]n3)c2)cc1. The Bertz CT molecular complexity index is 1180. The Kier molecular flexibility index (Phi) is 5.99. The van der Waals surface area contributed by atoms with E-state index in [1.54, 1.807) is 18.2 Å². The van der Waals surface area contributed by atoms with Crippen molar-refractivity contribution in [3.63, 3.8) is 0 Å². The molecule has 0 aliphatic rings. The van der Waals surface area contributed by atoms with Gasteiger partial charge in [0.15, 0.2) is 0 Å². The molecule has 3 aromatic carbocycles. The zero-order chi connectivity index (χ0) is 21.5. The second-order valence-corrected chi connectivity index (χ2v) is 6.82. The lowest BCUT2D eigenvalue weighted by atomic mass is 10.1. The number of carbonyl (C=O) groups excluding carboxylic acids is 1. The number of nitrogens with two attached hydrogens (primary N) is 1. The summed E-state index contributed by atoms with van der Waals surface area (Å²) in [4.78, 5) is 12.1. The number of benzene rings is 3. The third kappa shape index (κ3) is 5.33. The molecule has 1 amide bonds. The fourth-order valence-corrected chi connectivity index (χ4v) is 2.96. The molecule has 0 radical (unpaired) electrons. The summed E-state index contributed by atoms with van der Waals surface area (Å²) in [6.45, 7) is 0.660. The number of hydrogen-bond acceptors (Lipinski definition) is 6. The van der Waals surface area contributed by atoms with Crippen LogP contribution in [0.25, 0.3) is 17.5 Å². The van der Waals surface area contributed by atoms with Gasteiger partial charge in [-0.2, -0.15) is 5.21 Å². The van der Waals surface area contributed by atoms with Crippen molar-refractivity contribution < 1.29 is 4.79 Å². The van der Waals surface area contributed by atoms with E-state index in [4.69, 9.17) is 5.73 Å². The molecule has 0 spiro atoms. The third-order valence-electron chi connectivity index (χ3n) is 4.59. The molecule has 4 rings (SSSR count). The van der Waals surface area contributed by atoms with Crippen molar-refractivity contribution in [1.29, 1.82) is 0 Å². The highest BCUT2D eigenvalue weighted by Gasteiger charge is 2.04. The number of nitrogen functional groups attached to an aromatic ring is 1. The van der Waals surface area contributed by atoms with Crippen molar-refractivity contribution in [2.75, 3.05) is 16.4 Å². The van der Waals surface area contributed by atoms with Gasteiger partial charge in [-0.15, -0.1) is 10.2 Å². The number of nitrogens with one attached hydrogen (secondary N) is 3. The maximum absolute atomic E-state index is 12.1. The van der Waals surface area contributed by atoms with Crippen LogP contribution in [-0.4, -0.2) is 26.5 Å². The molecule has 0 unspecified atom stereocenters. The summed E-state index contributed by atoms with van der Waals surface area (Å²) in [6.07, 6.45) is 3.25. The molecule has 0 fully saturated rings. The number of aromatic amines is 1. The number of amides is 1. The fraction of sp³-hybridized carbons (Fsp3) is 0.0435. The van der Waals surface area contributed by atoms with Crippen molar-refractivity contribution in [3.8, 4) is 11.4 Å². The van der Waals surface area contributed by atoms with Crippen LogP contribution < -0.4 is 16.4 Å². The predicted molar refractivity (Wildman–Crippen MR) is 122 cm³/mol. The molecule has 1 aromatic heterocycles. The molecule has 8 nitrogen and oxygen atoms in total. The molecule has 154 valence electrons. The smallest absolute Gasteiger partial charge is 0.248 e. The first-order valence-corrected chi connectivity index (χ1v) is 9.68. The standard InChI is InChI=1S/C23H21N7O/c24-20-6-1-2-7-21(20)26-22(31)13-12-16-8-10-17(11-9-16)15-25-19-5-3-4-18(14-19)23-27-29-30-28-23/h1-14,25H,15,24H2,(H,26,31)(H,27,28,29,30)/b13-12-. The van der Waals surface area contributed by atoms with Gasteiger partial charge in [-0.3, -0.25) is 4.79 Å². The van der Waals surface area contributed by atoms with Gasteiger partial charge >= 0.3 is 0 Å². The van der Waals surface area contributed by atoms with E-state index < -0.39 is 0 Å². The molecule has 31 heavy (non-hydrogen) atoms. The largest absolute Gasteiger partial charge is 0.397 e. The average Bonchev–Trinajstić information content (AvgIpc) is 3.34. The number of rotatable bonds is 7. The second kappa shape index (κ2) is 9.36. The lowest BCUT2D eigenvalue weighted by molar-refractivity contribution is -0.111. The van der Waals surface area contributed by atoms with Crippen LogP contribution >= 0.6 is 0 Å². The summed E-state index contributed by atoms with van der Waals surface area (Å²) >= 11 is 0. The first-order chi connectivity index (χ1) is 15.2. The summed E-state index contributed by atoms with van der Waals surface area (Å²) in [7, 11) is 0. The van der Waals surface area contributed by atoms with E-state index >= 15 is 0 Å². The van der Waals surface area contributed by atoms with Gasteiger partial charge in [0.1, 0.15) is 0 Å². The molecule has 5 N–H and O–H groups in total. The highest BCUT2D eigenvalue weighted by atomic mass is 16.1. The highest BCUT2D eigenvalue weighted by molar-refractivity contribution is 6.03. The summed E-state index contributed by atoms with van der Waals surface area (Å²) < 4.78 is 0. The first-order valence-electron chi connectivity index (χ1n) is 9.68. The molecule has 0 saturated carbocycles. The number of anilines is 3. The van der Waals surface area contributed by atoms with Crippen molar-refractivity contribution in [2.45, 2.75) is 6.54 Å². The quantitative estimate of drug-likeness (QED) is 0.272. The summed E-state index contributed by atoms with van der Waals surface area (Å²) in [5.74, 6) is 0.323. The minimum absolute atomic E-state index is 0.231. The number of hydrogen-bond donors (Lipinski definition) is 4. The van der Waals surface area contributed by atoms with Gasteiger partial charge in [0.05, 0.1) is 11.4 Å². The van der Waals surface area contributed by atoms with Crippen LogP contribution in [0.4, 0.5) is 17.1 Å². The normalized spacial score (nSPS) is 10.8. The van der Waals surface area contributed by atoms with Crippen LogP contribution in [0.3, 0.4) is 0 Å². The Balaban J connectivity index is 1.32. The van der Waals surface area contributed by atoms with E-state index in [0.29, 0.717) is 23.7 Å². The van der Waals surface area contributed by atoms with Gasteiger partial charge in [-0.05, 0) is 46.7 Å². The Morgan fingerprint density at radius 3 is 2.65 bits per heavy atom. The number of H-pyrrole nitrogens is 1. The minimum atomic E-state index is -0.231. The van der Waals surface area contributed by atoms with E-state index in [9.17, 15) is 4.79 Å². The van der Waals surface area contributed by atoms with Crippen molar-refractivity contribution in [3.05, 3.63) is 90.0 Å². The molecular weight excluding hydrogens is 390 g/mol. The Morgan fingerprint density at radius 2 is 1.87 bits per heavy atom. The molecular formula is C23H21N7O. The molecule has 4 aromatic rings. The summed E-state index contributed by atoms with van der Waals surface area (Å²) in [5.41, 5.74) is 10.9. The van der Waals surface area contributed by atoms with Crippen LogP contribution in [0.2, 0.25) is 0 Å². The third-order valence-corrected chi connectivity index (χ3v) is 4.59. The second-order valence-electron chi connectivity index (χ2n) is 6.82. The van der Waals surface area contributed by atoms with Gasteiger partial charge < -0.3 is 16.4 Å². The van der Waals surface area contributed by atoms with E-state index in [-0.39, 0.29) is 5.91 Å². The number of aromatic nitrogens is 4. The van der Waals surface area contributed by atoms with Gasteiger partial charge in [0, 0.05) is 23.9 Å². The number of tetrazole rings is 1. The summed E-state index contributed by atoms with van der Waals surface area (Å²) in [5, 5.41) is 20.2. The monoisotopic (exact) mass is 411 g/mol. The molecule has 0 aliphatic heterocycles. The Labute approximate surface area is 179 Å². The zero-order valence-electron chi connectivity index (χ0n) is 16.6. The zero-order valence-corrected chi connectivity index (χ0v) is 16.6. The lowest BCUT2D eigenvalue weighted by Crippen LogP contribution is -2.09. The number of carbonyl (C=O) groups is 1. The highest BCUT2D eigenvalue weighted by Crippen LogP contribution is 2.19. The van der Waals surface area contributed by atoms with Gasteiger partial charge in [0.2, 0.25) is 11.7 Å². The van der Waals surface area contributed by atoms with E-state index in [2.05, 4.69) is 31.3 Å². The van der Waals surface area contributed by atoms with E-state index in [1.165, 1.54) is 6.08 Å². The van der Waals surface area contributed by atoms with Gasteiger partial charge in [-0.1, -0.05) is 48.5 Å². The molecule has 0 atom stereocenters. The molecule has 8 heteroatoms. The molecule has 0 saturated heterocycles. The van der Waals surface area contributed by atoms with Crippen LogP contribution in [0.15, 0.2) is 78.9 Å². The maximum Gasteiger partial charge on any atom is 0.248 e. The fourth-order valence-electron chi connectivity index (χ4n) is 2.96. The first kappa shape index (κ1) is 19.8. The summed E-state index contributed by atoms with van der Waals surface area (Å²) in [6, 6.07) is 22.9.